The molecule has 3 nitrogen and oxygen atoms in total. The van der Waals surface area contributed by atoms with E-state index in [4.69, 9.17) is 11.6 Å². The molecule has 0 saturated heterocycles. The zero-order valence-electron chi connectivity index (χ0n) is 9.48. The standard InChI is InChI=1S/C14H11ClO3/c15-9-2-3-10-8(7-9)1-4-11(16)12(10)14(5-6-14)13(17)18/h1-4,7,16H,5-6H2,(H,17,18). The Kier molecular flexibility index (Phi) is 2.29. The molecule has 0 aliphatic heterocycles. The third-order valence-corrected chi connectivity index (χ3v) is 3.83. The largest absolute Gasteiger partial charge is 0.508 e. The van der Waals surface area contributed by atoms with Gasteiger partial charge in [0.25, 0.3) is 0 Å². The highest BCUT2D eigenvalue weighted by Gasteiger charge is 2.54. The Morgan fingerprint density at radius 2 is 1.94 bits per heavy atom. The van der Waals surface area contributed by atoms with Gasteiger partial charge in [0.05, 0.1) is 5.41 Å². The number of carboxylic acids is 1. The maximum Gasteiger partial charge on any atom is 0.314 e. The fourth-order valence-electron chi connectivity index (χ4n) is 2.49. The SMILES string of the molecule is O=C(O)C1(c2c(O)ccc3cc(Cl)ccc23)CC1. The normalized spacial score (nSPS) is 16.7. The average molecular weight is 263 g/mol. The summed E-state index contributed by atoms with van der Waals surface area (Å²) in [7, 11) is 0. The molecule has 1 aliphatic carbocycles. The molecule has 18 heavy (non-hydrogen) atoms. The van der Waals surface area contributed by atoms with Crippen molar-refractivity contribution in [1.29, 1.82) is 0 Å². The maximum absolute atomic E-state index is 11.4. The lowest BCUT2D eigenvalue weighted by Crippen LogP contribution is -2.20. The number of aromatic hydroxyl groups is 1. The summed E-state index contributed by atoms with van der Waals surface area (Å²) in [5, 5.41) is 21.6. The minimum Gasteiger partial charge on any atom is -0.508 e. The van der Waals surface area contributed by atoms with Crippen molar-refractivity contribution in [3.8, 4) is 5.75 Å². The topological polar surface area (TPSA) is 57.5 Å². The smallest absolute Gasteiger partial charge is 0.314 e. The lowest BCUT2D eigenvalue weighted by molar-refractivity contribution is -0.140. The minimum atomic E-state index is -0.919. The first kappa shape index (κ1) is 11.4. The number of phenolic OH excluding ortho intramolecular Hbond substituents is 1. The van der Waals surface area contributed by atoms with Crippen LogP contribution in [-0.4, -0.2) is 16.2 Å². The number of phenols is 1. The monoisotopic (exact) mass is 262 g/mol. The van der Waals surface area contributed by atoms with Gasteiger partial charge in [-0.05, 0) is 41.8 Å². The second-order valence-electron chi connectivity index (χ2n) is 4.71. The van der Waals surface area contributed by atoms with E-state index in [0.717, 1.165) is 10.8 Å². The summed E-state index contributed by atoms with van der Waals surface area (Å²) in [5.74, 6) is -0.829. The summed E-state index contributed by atoms with van der Waals surface area (Å²) in [5.41, 5.74) is -0.401. The molecular weight excluding hydrogens is 252 g/mol. The molecule has 0 unspecified atom stereocenters. The molecule has 0 amide bonds. The van der Waals surface area contributed by atoms with Crippen LogP contribution in [0.25, 0.3) is 10.8 Å². The van der Waals surface area contributed by atoms with Gasteiger partial charge in [-0.3, -0.25) is 4.79 Å². The molecule has 3 rings (SSSR count). The number of fused-ring (bicyclic) bond motifs is 1. The Hall–Kier alpha value is -1.74. The number of aliphatic carboxylic acids is 1. The first-order chi connectivity index (χ1) is 8.54. The van der Waals surface area contributed by atoms with Crippen LogP contribution in [0.2, 0.25) is 5.02 Å². The first-order valence-corrected chi connectivity index (χ1v) is 6.07. The van der Waals surface area contributed by atoms with E-state index in [1.54, 1.807) is 24.3 Å². The molecule has 1 fully saturated rings. The van der Waals surface area contributed by atoms with E-state index >= 15 is 0 Å². The predicted molar refractivity (Wildman–Crippen MR) is 69.2 cm³/mol. The summed E-state index contributed by atoms with van der Waals surface area (Å²) in [6.45, 7) is 0. The Balaban J connectivity index is 2.34. The van der Waals surface area contributed by atoms with E-state index < -0.39 is 11.4 Å². The van der Waals surface area contributed by atoms with Gasteiger partial charge in [0.1, 0.15) is 5.75 Å². The summed E-state index contributed by atoms with van der Waals surface area (Å²) in [6.07, 6.45) is 1.13. The van der Waals surface area contributed by atoms with Crippen LogP contribution in [0.15, 0.2) is 30.3 Å². The molecule has 0 atom stereocenters. The van der Waals surface area contributed by atoms with E-state index in [1.807, 2.05) is 0 Å². The molecule has 2 N–H and O–H groups in total. The maximum atomic E-state index is 11.4. The Labute approximate surface area is 109 Å². The van der Waals surface area contributed by atoms with Gasteiger partial charge >= 0.3 is 5.97 Å². The lowest BCUT2D eigenvalue weighted by Gasteiger charge is -2.15. The number of hydrogen-bond acceptors (Lipinski definition) is 2. The summed E-state index contributed by atoms with van der Waals surface area (Å²) >= 11 is 5.92. The number of rotatable bonds is 2. The van der Waals surface area contributed by atoms with Gasteiger partial charge in [-0.1, -0.05) is 23.7 Å². The zero-order chi connectivity index (χ0) is 12.9. The van der Waals surface area contributed by atoms with Crippen LogP contribution < -0.4 is 0 Å². The highest BCUT2D eigenvalue weighted by Crippen LogP contribution is 2.53. The molecule has 92 valence electrons. The third kappa shape index (κ3) is 1.47. The van der Waals surface area contributed by atoms with Crippen molar-refractivity contribution in [3.63, 3.8) is 0 Å². The van der Waals surface area contributed by atoms with Crippen molar-refractivity contribution in [3.05, 3.63) is 40.9 Å². The van der Waals surface area contributed by atoms with Crippen molar-refractivity contribution in [1.82, 2.24) is 0 Å². The number of halogens is 1. The van der Waals surface area contributed by atoms with Gasteiger partial charge in [-0.25, -0.2) is 0 Å². The van der Waals surface area contributed by atoms with E-state index in [-0.39, 0.29) is 5.75 Å². The number of benzene rings is 2. The van der Waals surface area contributed by atoms with Gasteiger partial charge < -0.3 is 10.2 Å². The Morgan fingerprint density at radius 1 is 1.22 bits per heavy atom. The quantitative estimate of drug-likeness (QED) is 0.873. The second kappa shape index (κ2) is 3.62. The summed E-state index contributed by atoms with van der Waals surface area (Å²) < 4.78 is 0. The van der Waals surface area contributed by atoms with E-state index in [1.165, 1.54) is 6.07 Å². The molecule has 0 radical (unpaired) electrons. The average Bonchev–Trinajstić information content (AvgIpc) is 3.10. The van der Waals surface area contributed by atoms with E-state index in [0.29, 0.717) is 23.4 Å². The molecular formula is C14H11ClO3. The van der Waals surface area contributed by atoms with Gasteiger partial charge in [0.15, 0.2) is 0 Å². The second-order valence-corrected chi connectivity index (χ2v) is 5.15. The minimum absolute atomic E-state index is 0.0460. The number of carbonyl (C=O) groups is 1. The van der Waals surface area contributed by atoms with Crippen molar-refractivity contribution in [2.75, 3.05) is 0 Å². The summed E-state index contributed by atoms with van der Waals surface area (Å²) in [4.78, 5) is 11.4. The molecule has 4 heteroatoms. The number of carboxylic acid groups (broad SMARTS) is 1. The molecule has 0 aromatic heterocycles. The molecule has 1 aliphatic rings. The van der Waals surface area contributed by atoms with Gasteiger partial charge in [-0.15, -0.1) is 0 Å². The van der Waals surface area contributed by atoms with Crippen LogP contribution in [0.1, 0.15) is 18.4 Å². The number of hydrogen-bond donors (Lipinski definition) is 2. The first-order valence-electron chi connectivity index (χ1n) is 5.70. The summed E-state index contributed by atoms with van der Waals surface area (Å²) in [6, 6.07) is 8.55. The molecule has 2 aromatic carbocycles. The Bertz CT molecular complexity index is 659. The molecule has 0 spiro atoms. The third-order valence-electron chi connectivity index (χ3n) is 3.60. The van der Waals surface area contributed by atoms with Crippen LogP contribution in [0, 0.1) is 0 Å². The highest BCUT2D eigenvalue weighted by atomic mass is 35.5. The van der Waals surface area contributed by atoms with Crippen LogP contribution in [0.5, 0.6) is 5.75 Å². The molecule has 1 saturated carbocycles. The van der Waals surface area contributed by atoms with E-state index in [9.17, 15) is 15.0 Å². The fourth-order valence-corrected chi connectivity index (χ4v) is 2.67. The zero-order valence-corrected chi connectivity index (χ0v) is 10.2. The highest BCUT2D eigenvalue weighted by molar-refractivity contribution is 6.31. The van der Waals surface area contributed by atoms with Crippen LogP contribution in [0.4, 0.5) is 0 Å². The van der Waals surface area contributed by atoms with Gasteiger partial charge in [0, 0.05) is 10.6 Å². The fraction of sp³-hybridized carbons (Fsp3) is 0.214. The van der Waals surface area contributed by atoms with Crippen LogP contribution in [-0.2, 0) is 10.2 Å². The van der Waals surface area contributed by atoms with Crippen molar-refractivity contribution in [2.45, 2.75) is 18.3 Å². The molecule has 0 bridgehead atoms. The lowest BCUT2D eigenvalue weighted by atomic mass is 9.90. The van der Waals surface area contributed by atoms with Crippen molar-refractivity contribution >= 4 is 28.3 Å². The Morgan fingerprint density at radius 3 is 2.56 bits per heavy atom. The van der Waals surface area contributed by atoms with E-state index in [2.05, 4.69) is 0 Å². The molecule has 2 aromatic rings. The molecule has 0 heterocycles. The van der Waals surface area contributed by atoms with Crippen molar-refractivity contribution < 1.29 is 15.0 Å². The van der Waals surface area contributed by atoms with Gasteiger partial charge in [0.2, 0.25) is 0 Å². The predicted octanol–water partition coefficient (Wildman–Crippen LogP) is 3.32. The van der Waals surface area contributed by atoms with Gasteiger partial charge in [-0.2, -0.15) is 0 Å². The van der Waals surface area contributed by atoms with Crippen LogP contribution in [0.3, 0.4) is 0 Å². The van der Waals surface area contributed by atoms with Crippen LogP contribution >= 0.6 is 11.6 Å². The van der Waals surface area contributed by atoms with Crippen molar-refractivity contribution in [2.24, 2.45) is 0 Å².